The van der Waals surface area contributed by atoms with Crippen molar-refractivity contribution in [2.75, 3.05) is 6.54 Å². The largest absolute Gasteiger partial charge is 0.392 e. The Morgan fingerprint density at radius 2 is 1.82 bits per heavy atom. The molecule has 1 amide bonds. The molecule has 0 aromatic heterocycles. The Labute approximate surface area is 109 Å². The quantitative estimate of drug-likeness (QED) is 0.597. The van der Waals surface area contributed by atoms with Crippen LogP contribution in [-0.2, 0) is 4.79 Å². The lowest BCUT2D eigenvalue weighted by molar-refractivity contribution is -0.128. The molecule has 0 atom stereocenters. The van der Waals surface area contributed by atoms with Crippen molar-refractivity contribution < 1.29 is 4.79 Å². The van der Waals surface area contributed by atoms with Crippen LogP contribution in [-0.4, -0.2) is 17.4 Å². The molecule has 17 heavy (non-hydrogen) atoms. The van der Waals surface area contributed by atoms with Crippen LogP contribution in [0.2, 0.25) is 0 Å². The third kappa shape index (κ3) is 2.97. The Morgan fingerprint density at radius 3 is 2.29 bits per heavy atom. The number of nitrogens with one attached hydrogen (secondary N) is 1. The summed E-state index contributed by atoms with van der Waals surface area (Å²) in [6.07, 6.45) is 8.68. The summed E-state index contributed by atoms with van der Waals surface area (Å²) in [5.74, 6) is 0.784. The molecule has 4 heteroatoms. The fraction of sp³-hybridized carbons (Fsp3) is 0.846. The lowest BCUT2D eigenvalue weighted by Crippen LogP contribution is -2.49. The molecule has 2 fully saturated rings. The molecule has 3 nitrogen and oxygen atoms in total. The molecule has 2 aliphatic carbocycles. The average Bonchev–Trinajstić information content (AvgIpc) is 3.12. The fourth-order valence-electron chi connectivity index (χ4n) is 2.65. The molecule has 0 unspecified atom stereocenters. The lowest BCUT2D eigenvalue weighted by atomic mass is 9.79. The topological polar surface area (TPSA) is 55.1 Å². The molecule has 2 saturated carbocycles. The SMILES string of the molecule is NC(=S)C1(C(=O)NCC2CC2)CCCCCC1. The van der Waals surface area contributed by atoms with Gasteiger partial charge in [-0.2, -0.15) is 0 Å². The van der Waals surface area contributed by atoms with Crippen LogP contribution in [0.1, 0.15) is 51.4 Å². The molecule has 0 bridgehead atoms. The average molecular weight is 254 g/mol. The number of thiocarbonyl (C=S) groups is 1. The van der Waals surface area contributed by atoms with Gasteiger partial charge >= 0.3 is 0 Å². The molecule has 96 valence electrons. The van der Waals surface area contributed by atoms with Crippen molar-refractivity contribution in [3.63, 3.8) is 0 Å². The molecule has 0 saturated heterocycles. The molecule has 3 N–H and O–H groups in total. The Balaban J connectivity index is 2.01. The van der Waals surface area contributed by atoms with Gasteiger partial charge in [-0.15, -0.1) is 0 Å². The first-order valence-electron chi connectivity index (χ1n) is 6.73. The fourth-order valence-corrected chi connectivity index (χ4v) is 2.94. The summed E-state index contributed by atoms with van der Waals surface area (Å²) in [6.45, 7) is 0.809. The molecular formula is C13H22N2OS. The van der Waals surface area contributed by atoms with Crippen molar-refractivity contribution >= 4 is 23.1 Å². The second kappa shape index (κ2) is 5.34. The van der Waals surface area contributed by atoms with Crippen molar-refractivity contribution in [2.24, 2.45) is 17.1 Å². The molecule has 0 radical (unpaired) electrons. The van der Waals surface area contributed by atoms with Gasteiger partial charge in [0.15, 0.2) is 0 Å². The first-order valence-corrected chi connectivity index (χ1v) is 7.14. The van der Waals surface area contributed by atoms with Crippen LogP contribution < -0.4 is 11.1 Å². The number of hydrogen-bond donors (Lipinski definition) is 2. The molecule has 0 heterocycles. The van der Waals surface area contributed by atoms with Gasteiger partial charge < -0.3 is 11.1 Å². The standard InChI is InChI=1S/C13H22N2OS/c14-11(17)13(7-3-1-2-4-8-13)12(16)15-9-10-5-6-10/h10H,1-9H2,(H2,14,17)(H,15,16). The van der Waals surface area contributed by atoms with Crippen molar-refractivity contribution in [1.82, 2.24) is 5.32 Å². The van der Waals surface area contributed by atoms with Gasteiger partial charge in [0.1, 0.15) is 0 Å². The van der Waals surface area contributed by atoms with Crippen LogP contribution >= 0.6 is 12.2 Å². The zero-order valence-corrected chi connectivity index (χ0v) is 11.2. The summed E-state index contributed by atoms with van der Waals surface area (Å²) in [6, 6.07) is 0. The molecule has 0 spiro atoms. The van der Waals surface area contributed by atoms with Crippen LogP contribution in [0.25, 0.3) is 0 Å². The third-order valence-corrected chi connectivity index (χ3v) is 4.50. The van der Waals surface area contributed by atoms with E-state index in [4.69, 9.17) is 18.0 Å². The maximum atomic E-state index is 12.4. The zero-order valence-electron chi connectivity index (χ0n) is 10.3. The number of hydrogen-bond acceptors (Lipinski definition) is 2. The maximum Gasteiger partial charge on any atom is 0.233 e. The van der Waals surface area contributed by atoms with E-state index in [1.165, 1.54) is 25.7 Å². The van der Waals surface area contributed by atoms with Gasteiger partial charge in [0.2, 0.25) is 5.91 Å². The number of carbonyl (C=O) groups is 1. The number of carbonyl (C=O) groups excluding carboxylic acids is 1. The summed E-state index contributed by atoms with van der Waals surface area (Å²) in [7, 11) is 0. The molecule has 2 aliphatic rings. The highest BCUT2D eigenvalue weighted by atomic mass is 32.1. The van der Waals surface area contributed by atoms with Gasteiger partial charge in [0.25, 0.3) is 0 Å². The second-order valence-electron chi connectivity index (χ2n) is 5.51. The molecule has 0 aliphatic heterocycles. The maximum absolute atomic E-state index is 12.4. The lowest BCUT2D eigenvalue weighted by Gasteiger charge is -2.30. The van der Waals surface area contributed by atoms with E-state index in [2.05, 4.69) is 5.32 Å². The summed E-state index contributed by atoms with van der Waals surface area (Å²) in [5, 5.41) is 3.06. The number of nitrogens with two attached hydrogens (primary N) is 1. The van der Waals surface area contributed by atoms with E-state index >= 15 is 0 Å². The monoisotopic (exact) mass is 254 g/mol. The minimum absolute atomic E-state index is 0.0822. The summed E-state index contributed by atoms with van der Waals surface area (Å²) < 4.78 is 0. The normalized spacial score (nSPS) is 23.8. The van der Waals surface area contributed by atoms with E-state index in [0.717, 1.165) is 32.2 Å². The highest BCUT2D eigenvalue weighted by Crippen LogP contribution is 2.36. The second-order valence-corrected chi connectivity index (χ2v) is 5.95. The Kier molecular flexibility index (Phi) is 4.02. The van der Waals surface area contributed by atoms with E-state index in [1.807, 2.05) is 0 Å². The predicted octanol–water partition coefficient (Wildman–Crippen LogP) is 2.14. The summed E-state index contributed by atoms with van der Waals surface area (Å²) in [5.41, 5.74) is 5.31. The van der Waals surface area contributed by atoms with Crippen molar-refractivity contribution in [1.29, 1.82) is 0 Å². The number of rotatable bonds is 4. The van der Waals surface area contributed by atoms with Gasteiger partial charge in [-0.1, -0.05) is 37.9 Å². The molecular weight excluding hydrogens is 232 g/mol. The molecule has 2 rings (SSSR count). The minimum atomic E-state index is -0.555. The van der Waals surface area contributed by atoms with Gasteiger partial charge in [-0.3, -0.25) is 4.79 Å². The predicted molar refractivity (Wildman–Crippen MR) is 72.7 cm³/mol. The van der Waals surface area contributed by atoms with Crippen LogP contribution in [0.3, 0.4) is 0 Å². The summed E-state index contributed by atoms with van der Waals surface area (Å²) in [4.78, 5) is 12.8. The van der Waals surface area contributed by atoms with E-state index < -0.39 is 5.41 Å². The Morgan fingerprint density at radius 1 is 1.24 bits per heavy atom. The first kappa shape index (κ1) is 12.8. The van der Waals surface area contributed by atoms with Crippen LogP contribution in [0.15, 0.2) is 0 Å². The zero-order chi connectivity index (χ0) is 12.3. The molecule has 0 aromatic carbocycles. The van der Waals surface area contributed by atoms with Gasteiger partial charge in [0, 0.05) is 6.54 Å². The molecule has 0 aromatic rings. The third-order valence-electron chi connectivity index (χ3n) is 4.11. The van der Waals surface area contributed by atoms with E-state index in [-0.39, 0.29) is 5.91 Å². The van der Waals surface area contributed by atoms with Gasteiger partial charge in [-0.05, 0) is 31.6 Å². The van der Waals surface area contributed by atoms with Crippen molar-refractivity contribution in [3.8, 4) is 0 Å². The smallest absolute Gasteiger partial charge is 0.233 e. The van der Waals surface area contributed by atoms with Crippen LogP contribution in [0.5, 0.6) is 0 Å². The highest BCUT2D eigenvalue weighted by molar-refractivity contribution is 7.80. The summed E-state index contributed by atoms with van der Waals surface area (Å²) >= 11 is 5.18. The van der Waals surface area contributed by atoms with Crippen molar-refractivity contribution in [2.45, 2.75) is 51.4 Å². The van der Waals surface area contributed by atoms with Gasteiger partial charge in [0.05, 0.1) is 10.4 Å². The van der Waals surface area contributed by atoms with Crippen LogP contribution in [0.4, 0.5) is 0 Å². The first-order chi connectivity index (χ1) is 8.15. The number of amides is 1. The van der Waals surface area contributed by atoms with Crippen molar-refractivity contribution in [3.05, 3.63) is 0 Å². The highest BCUT2D eigenvalue weighted by Gasteiger charge is 2.41. The van der Waals surface area contributed by atoms with Gasteiger partial charge in [-0.25, -0.2) is 0 Å². The van der Waals surface area contributed by atoms with E-state index in [9.17, 15) is 4.79 Å². The Bertz CT molecular complexity index is 305. The Hall–Kier alpha value is -0.640. The minimum Gasteiger partial charge on any atom is -0.392 e. The van der Waals surface area contributed by atoms with Crippen LogP contribution in [0, 0.1) is 11.3 Å². The van der Waals surface area contributed by atoms with E-state index in [1.54, 1.807) is 0 Å². The van der Waals surface area contributed by atoms with E-state index in [0.29, 0.717) is 10.9 Å².